The number of ketones is 1. The number of fused-ring (bicyclic) bond motifs is 1. The Balaban J connectivity index is 2.16. The number of H-pyrrole nitrogens is 1. The maximum atomic E-state index is 12.6. The lowest BCUT2D eigenvalue weighted by Gasteiger charge is -2.22. The van der Waals surface area contributed by atoms with Gasteiger partial charge in [0.25, 0.3) is 5.56 Å². The first-order valence-electron chi connectivity index (χ1n) is 6.48. The number of hydrogen-bond donors (Lipinski definition) is 4. The fourth-order valence-corrected chi connectivity index (χ4v) is 2.79. The van der Waals surface area contributed by atoms with E-state index in [9.17, 15) is 19.8 Å². The molecule has 0 aliphatic heterocycles. The maximum Gasteiger partial charge on any atom is 0.280 e. The highest BCUT2D eigenvalue weighted by atomic mass is 16.3. The zero-order valence-electron chi connectivity index (χ0n) is 11.4. The molecule has 1 fully saturated rings. The van der Waals surface area contributed by atoms with Gasteiger partial charge in [-0.3, -0.25) is 14.6 Å². The van der Waals surface area contributed by atoms with Crippen LogP contribution in [-0.4, -0.2) is 48.2 Å². The van der Waals surface area contributed by atoms with Crippen molar-refractivity contribution in [2.24, 2.45) is 5.41 Å². The Morgan fingerprint density at radius 2 is 2.32 bits per heavy atom. The third-order valence-electron chi connectivity index (χ3n) is 4.05. The van der Waals surface area contributed by atoms with Gasteiger partial charge < -0.3 is 20.5 Å². The van der Waals surface area contributed by atoms with Crippen LogP contribution >= 0.6 is 0 Å². The number of carbonyl (C=O) groups is 1. The second-order valence-electron chi connectivity index (χ2n) is 5.18. The van der Waals surface area contributed by atoms with E-state index in [1.54, 1.807) is 0 Å². The van der Waals surface area contributed by atoms with Crippen LogP contribution in [0.2, 0.25) is 0 Å². The molecule has 3 rings (SSSR count). The summed E-state index contributed by atoms with van der Waals surface area (Å²) in [6, 6.07) is -0.878. The molecule has 1 saturated carbocycles. The molecular formula is C13H13N5O4. The number of anilines is 1. The Morgan fingerprint density at radius 1 is 1.59 bits per heavy atom. The van der Waals surface area contributed by atoms with Gasteiger partial charge in [0.1, 0.15) is 5.41 Å². The molecule has 9 heteroatoms. The summed E-state index contributed by atoms with van der Waals surface area (Å²) in [4.78, 5) is 34.5. The Morgan fingerprint density at radius 3 is 2.91 bits per heavy atom. The van der Waals surface area contributed by atoms with Crippen molar-refractivity contribution < 1.29 is 15.0 Å². The number of nitrogens with one attached hydrogen (secondary N) is 1. The summed E-state index contributed by atoms with van der Waals surface area (Å²) >= 11 is 0. The van der Waals surface area contributed by atoms with Gasteiger partial charge in [-0.1, -0.05) is 5.92 Å². The number of nitrogens with zero attached hydrogens (tertiary/aromatic N) is 3. The lowest BCUT2D eigenvalue weighted by Crippen LogP contribution is -2.39. The number of Topliss-reactive ketones (excluding diaryl/α,β-unsaturated/α-hetero) is 1. The maximum absolute atomic E-state index is 12.6. The van der Waals surface area contributed by atoms with Crippen LogP contribution in [0.4, 0.5) is 5.95 Å². The molecule has 0 bridgehead atoms. The minimum absolute atomic E-state index is 0.0105. The Bertz CT molecular complexity index is 863. The average molecular weight is 303 g/mol. The first-order valence-corrected chi connectivity index (χ1v) is 6.48. The molecule has 9 nitrogen and oxygen atoms in total. The van der Waals surface area contributed by atoms with Crippen molar-refractivity contribution in [1.29, 1.82) is 0 Å². The monoisotopic (exact) mass is 303 g/mol. The molecule has 2 aromatic heterocycles. The fourth-order valence-electron chi connectivity index (χ4n) is 2.79. The van der Waals surface area contributed by atoms with E-state index in [-0.39, 0.29) is 23.5 Å². The van der Waals surface area contributed by atoms with Gasteiger partial charge in [0.05, 0.1) is 25.1 Å². The molecule has 0 saturated heterocycles. The number of nitrogens with two attached hydrogens (primary N) is 1. The first-order chi connectivity index (χ1) is 10.4. The smallest absolute Gasteiger partial charge is 0.280 e. The van der Waals surface area contributed by atoms with Crippen LogP contribution in [0.5, 0.6) is 0 Å². The molecule has 1 aliphatic carbocycles. The van der Waals surface area contributed by atoms with E-state index in [4.69, 9.17) is 12.2 Å². The van der Waals surface area contributed by atoms with Gasteiger partial charge in [-0.25, -0.2) is 4.98 Å². The molecular weight excluding hydrogens is 290 g/mol. The lowest BCUT2D eigenvalue weighted by molar-refractivity contribution is -0.129. The van der Waals surface area contributed by atoms with Crippen LogP contribution in [-0.2, 0) is 4.79 Å². The van der Waals surface area contributed by atoms with Gasteiger partial charge >= 0.3 is 0 Å². The number of rotatable bonds is 2. The predicted octanol–water partition coefficient (Wildman–Crippen LogP) is -1.81. The predicted molar refractivity (Wildman–Crippen MR) is 75.6 cm³/mol. The summed E-state index contributed by atoms with van der Waals surface area (Å²) in [6.07, 6.45) is 5.39. The van der Waals surface area contributed by atoms with Gasteiger partial charge in [-0.2, -0.15) is 4.98 Å². The second-order valence-corrected chi connectivity index (χ2v) is 5.18. The molecule has 3 atom stereocenters. The molecule has 0 aromatic carbocycles. The number of terminal acetylenes is 1. The van der Waals surface area contributed by atoms with E-state index in [2.05, 4.69) is 20.9 Å². The standard InChI is InChI=1S/C13H13N5O4/c1-2-13(4-19)7(20)3-6(9(13)21)18-5-15-8-10(18)16-12(14)17-11(8)22/h1,5-7,19-20H,3-4H2,(H3,14,16,17,22)/t6-,7-,13+/m0/s1. The van der Waals surface area contributed by atoms with Gasteiger partial charge in [0.2, 0.25) is 5.95 Å². The minimum Gasteiger partial charge on any atom is -0.394 e. The summed E-state index contributed by atoms with van der Waals surface area (Å²) in [6.45, 7) is -0.664. The van der Waals surface area contributed by atoms with Crippen LogP contribution in [0, 0.1) is 17.8 Å². The molecule has 2 heterocycles. The number of aromatic nitrogens is 4. The van der Waals surface area contributed by atoms with Crippen LogP contribution in [0.15, 0.2) is 11.1 Å². The Kier molecular flexibility index (Phi) is 3.01. The van der Waals surface area contributed by atoms with Crippen LogP contribution < -0.4 is 11.3 Å². The largest absolute Gasteiger partial charge is 0.394 e. The third-order valence-corrected chi connectivity index (χ3v) is 4.05. The van der Waals surface area contributed by atoms with Gasteiger partial charge in [0, 0.05) is 6.42 Å². The summed E-state index contributed by atoms with van der Waals surface area (Å²) in [5.41, 5.74) is 3.47. The van der Waals surface area contributed by atoms with Gasteiger partial charge in [0.15, 0.2) is 16.9 Å². The molecule has 5 N–H and O–H groups in total. The zero-order chi connectivity index (χ0) is 16.1. The lowest BCUT2D eigenvalue weighted by atomic mass is 9.85. The fraction of sp³-hybridized carbons (Fsp3) is 0.385. The quantitative estimate of drug-likeness (QED) is 0.478. The van der Waals surface area contributed by atoms with Crippen molar-refractivity contribution in [1.82, 2.24) is 19.5 Å². The minimum atomic E-state index is -1.66. The summed E-state index contributed by atoms with van der Waals surface area (Å²) < 4.78 is 1.35. The topological polar surface area (TPSA) is 147 Å². The molecule has 1 aliphatic rings. The number of carbonyl (C=O) groups excluding carboxylic acids is 1. The number of nitrogen functional groups attached to an aromatic ring is 1. The highest BCUT2D eigenvalue weighted by Crippen LogP contribution is 2.41. The van der Waals surface area contributed by atoms with Crippen molar-refractivity contribution in [2.75, 3.05) is 12.3 Å². The van der Waals surface area contributed by atoms with E-state index in [0.29, 0.717) is 0 Å². The average Bonchev–Trinajstić information content (AvgIpc) is 2.99. The molecule has 0 spiro atoms. The highest BCUT2D eigenvalue weighted by molar-refractivity contribution is 5.95. The number of aliphatic hydroxyl groups is 2. The van der Waals surface area contributed by atoms with E-state index >= 15 is 0 Å². The molecule has 22 heavy (non-hydrogen) atoms. The number of aliphatic hydroxyl groups excluding tert-OH is 2. The highest BCUT2D eigenvalue weighted by Gasteiger charge is 2.54. The van der Waals surface area contributed by atoms with Crippen molar-refractivity contribution in [3.63, 3.8) is 0 Å². The SMILES string of the molecule is C#C[C@]1(CO)C(=O)[C@@H](n2cnc3c(=O)[nH]c(N)nc32)C[C@@H]1O. The number of imidazole rings is 1. The van der Waals surface area contributed by atoms with Crippen molar-refractivity contribution in [3.8, 4) is 12.3 Å². The van der Waals surface area contributed by atoms with Crippen LogP contribution in [0.3, 0.4) is 0 Å². The first kappa shape index (κ1) is 14.2. The van der Waals surface area contributed by atoms with E-state index < -0.39 is 35.5 Å². The van der Waals surface area contributed by atoms with Crippen LogP contribution in [0.1, 0.15) is 12.5 Å². The zero-order valence-corrected chi connectivity index (χ0v) is 11.4. The van der Waals surface area contributed by atoms with E-state index in [1.807, 2.05) is 0 Å². The molecule has 2 aromatic rings. The van der Waals surface area contributed by atoms with Crippen LogP contribution in [0.25, 0.3) is 11.2 Å². The Hall–Kier alpha value is -2.70. The number of hydrogen-bond acceptors (Lipinski definition) is 7. The van der Waals surface area contributed by atoms with Crippen molar-refractivity contribution >= 4 is 22.9 Å². The molecule has 0 radical (unpaired) electrons. The van der Waals surface area contributed by atoms with E-state index in [1.165, 1.54) is 10.9 Å². The number of aromatic amines is 1. The second kappa shape index (κ2) is 4.66. The summed E-state index contributed by atoms with van der Waals surface area (Å²) in [5.74, 6) is 1.55. The Labute approximate surface area is 123 Å². The molecule has 0 amide bonds. The van der Waals surface area contributed by atoms with Crippen molar-refractivity contribution in [2.45, 2.75) is 18.6 Å². The molecule has 114 valence electrons. The summed E-state index contributed by atoms with van der Waals surface area (Å²) in [5, 5.41) is 19.5. The normalized spacial score (nSPS) is 28.1. The van der Waals surface area contributed by atoms with Crippen molar-refractivity contribution in [3.05, 3.63) is 16.7 Å². The van der Waals surface area contributed by atoms with Gasteiger partial charge in [-0.15, -0.1) is 6.42 Å². The van der Waals surface area contributed by atoms with Gasteiger partial charge in [-0.05, 0) is 0 Å². The summed E-state index contributed by atoms with van der Waals surface area (Å²) in [7, 11) is 0. The third kappa shape index (κ3) is 1.68. The molecule has 0 unspecified atom stereocenters. The van der Waals surface area contributed by atoms with E-state index in [0.717, 1.165) is 0 Å².